The number of rotatable bonds is 9. The van der Waals surface area contributed by atoms with Crippen LogP contribution in [-0.2, 0) is 9.53 Å². The molecular weight excluding hydrogens is 192 g/mol. The zero-order chi connectivity index (χ0) is 11.5. The smallest absolute Gasteiger partial charge is 0.222 e. The fourth-order valence-corrected chi connectivity index (χ4v) is 1.07. The molecule has 0 saturated heterocycles. The summed E-state index contributed by atoms with van der Waals surface area (Å²) < 4.78 is 5.25. The van der Waals surface area contributed by atoms with Gasteiger partial charge in [-0.05, 0) is 19.4 Å². The van der Waals surface area contributed by atoms with Crippen LogP contribution in [0.1, 0.15) is 19.8 Å². The van der Waals surface area contributed by atoms with E-state index >= 15 is 0 Å². The average Bonchev–Trinajstić information content (AvgIpc) is 2.23. The number of nitrogens with one attached hydrogen (secondary N) is 1. The van der Waals surface area contributed by atoms with E-state index in [1.165, 1.54) is 0 Å². The minimum absolute atomic E-state index is 0.0109. The van der Waals surface area contributed by atoms with Crippen LogP contribution in [0.4, 0.5) is 0 Å². The Balaban J connectivity index is 3.34. The first-order valence-electron chi connectivity index (χ1n) is 5.38. The van der Waals surface area contributed by atoms with Gasteiger partial charge in [-0.2, -0.15) is 0 Å². The van der Waals surface area contributed by atoms with Gasteiger partial charge in [0, 0.05) is 12.5 Å². The van der Waals surface area contributed by atoms with Crippen LogP contribution in [0.15, 0.2) is 12.7 Å². The van der Waals surface area contributed by atoms with Gasteiger partial charge in [0.1, 0.15) is 0 Å². The third kappa shape index (κ3) is 8.15. The molecule has 1 atom stereocenters. The van der Waals surface area contributed by atoms with Gasteiger partial charge in [0.25, 0.3) is 0 Å². The molecule has 0 aromatic carbocycles. The summed E-state index contributed by atoms with van der Waals surface area (Å²) in [4.78, 5) is 11.4. The molecule has 1 amide bonds. The minimum atomic E-state index is -0.0109. The fraction of sp³-hybridized carbons (Fsp3) is 0.727. The van der Waals surface area contributed by atoms with E-state index < -0.39 is 0 Å². The van der Waals surface area contributed by atoms with E-state index in [-0.39, 0.29) is 11.8 Å². The van der Waals surface area contributed by atoms with E-state index in [0.717, 1.165) is 12.8 Å². The predicted octanol–water partition coefficient (Wildman–Crippen LogP) is 0.680. The first-order valence-corrected chi connectivity index (χ1v) is 5.38. The summed E-state index contributed by atoms with van der Waals surface area (Å²) in [7, 11) is 0. The van der Waals surface area contributed by atoms with E-state index in [0.29, 0.717) is 26.3 Å². The van der Waals surface area contributed by atoms with Crippen LogP contribution in [0.25, 0.3) is 0 Å². The first-order chi connectivity index (χ1) is 7.22. The molecule has 0 aromatic heterocycles. The zero-order valence-electron chi connectivity index (χ0n) is 9.50. The number of hydrogen-bond donors (Lipinski definition) is 2. The highest BCUT2D eigenvalue weighted by molar-refractivity contribution is 5.78. The number of carbonyl (C=O) groups is 1. The van der Waals surface area contributed by atoms with E-state index in [1.807, 2.05) is 13.0 Å². The Labute approximate surface area is 91.9 Å². The molecule has 4 heteroatoms. The molecule has 0 radical (unpaired) electrons. The summed E-state index contributed by atoms with van der Waals surface area (Å²) in [6, 6.07) is 0. The summed E-state index contributed by atoms with van der Waals surface area (Å²) in [5.74, 6) is 0.0379. The van der Waals surface area contributed by atoms with Crippen LogP contribution in [0.2, 0.25) is 0 Å². The number of nitrogens with two attached hydrogens (primary N) is 1. The summed E-state index contributed by atoms with van der Waals surface area (Å²) in [6.45, 7) is 7.79. The Morgan fingerprint density at radius 3 is 2.93 bits per heavy atom. The maximum absolute atomic E-state index is 11.4. The second-order valence-electron chi connectivity index (χ2n) is 3.46. The molecule has 0 aliphatic heterocycles. The van der Waals surface area contributed by atoms with Gasteiger partial charge in [0.05, 0.1) is 13.2 Å². The van der Waals surface area contributed by atoms with Crippen molar-refractivity contribution in [2.24, 2.45) is 11.7 Å². The lowest BCUT2D eigenvalue weighted by atomic mass is 10.1. The molecule has 3 N–H and O–H groups in total. The molecule has 0 saturated carbocycles. The normalized spacial score (nSPS) is 12.1. The summed E-state index contributed by atoms with van der Waals surface area (Å²) in [5, 5.41) is 2.80. The van der Waals surface area contributed by atoms with Gasteiger partial charge in [-0.3, -0.25) is 4.79 Å². The second-order valence-corrected chi connectivity index (χ2v) is 3.46. The quantitative estimate of drug-likeness (QED) is 0.438. The van der Waals surface area contributed by atoms with Crippen LogP contribution in [0.5, 0.6) is 0 Å². The van der Waals surface area contributed by atoms with Crippen molar-refractivity contribution in [3.05, 3.63) is 12.7 Å². The van der Waals surface area contributed by atoms with Crippen LogP contribution in [0, 0.1) is 5.92 Å². The van der Waals surface area contributed by atoms with Crippen molar-refractivity contribution in [1.82, 2.24) is 5.32 Å². The lowest BCUT2D eigenvalue weighted by molar-refractivity contribution is -0.124. The number of carbonyl (C=O) groups excluding carboxylic acids is 1. The predicted molar refractivity (Wildman–Crippen MR) is 61.5 cm³/mol. The molecular formula is C11H22N2O2. The van der Waals surface area contributed by atoms with E-state index in [4.69, 9.17) is 10.5 Å². The van der Waals surface area contributed by atoms with Crippen molar-refractivity contribution >= 4 is 5.91 Å². The van der Waals surface area contributed by atoms with Gasteiger partial charge in [0.2, 0.25) is 5.91 Å². The Kier molecular flexibility index (Phi) is 9.11. The van der Waals surface area contributed by atoms with Gasteiger partial charge in [-0.15, -0.1) is 6.58 Å². The van der Waals surface area contributed by atoms with E-state index in [2.05, 4.69) is 11.9 Å². The molecule has 0 spiro atoms. The SMILES string of the molecule is C=CCCOCCNC(=O)C(C)CCN. The van der Waals surface area contributed by atoms with Gasteiger partial charge in [-0.1, -0.05) is 13.0 Å². The molecule has 0 fully saturated rings. The zero-order valence-corrected chi connectivity index (χ0v) is 9.50. The van der Waals surface area contributed by atoms with Gasteiger partial charge in [0.15, 0.2) is 0 Å². The highest BCUT2D eigenvalue weighted by atomic mass is 16.5. The third-order valence-corrected chi connectivity index (χ3v) is 2.06. The lowest BCUT2D eigenvalue weighted by Gasteiger charge is -2.10. The Morgan fingerprint density at radius 2 is 2.33 bits per heavy atom. The average molecular weight is 214 g/mol. The molecule has 0 aliphatic carbocycles. The van der Waals surface area contributed by atoms with E-state index in [9.17, 15) is 4.79 Å². The summed E-state index contributed by atoms with van der Waals surface area (Å²) in [6.07, 6.45) is 3.38. The monoisotopic (exact) mass is 214 g/mol. The highest BCUT2D eigenvalue weighted by Crippen LogP contribution is 1.98. The van der Waals surface area contributed by atoms with Crippen molar-refractivity contribution in [3.8, 4) is 0 Å². The lowest BCUT2D eigenvalue weighted by Crippen LogP contribution is -2.32. The maximum Gasteiger partial charge on any atom is 0.222 e. The maximum atomic E-state index is 11.4. The van der Waals surface area contributed by atoms with Crippen molar-refractivity contribution in [1.29, 1.82) is 0 Å². The minimum Gasteiger partial charge on any atom is -0.379 e. The Bertz CT molecular complexity index is 183. The number of amides is 1. The van der Waals surface area contributed by atoms with Gasteiger partial charge >= 0.3 is 0 Å². The summed E-state index contributed by atoms with van der Waals surface area (Å²) in [5.41, 5.74) is 5.36. The van der Waals surface area contributed by atoms with Crippen molar-refractivity contribution in [2.45, 2.75) is 19.8 Å². The Hall–Kier alpha value is -0.870. The molecule has 1 unspecified atom stereocenters. The molecule has 0 bridgehead atoms. The Morgan fingerprint density at radius 1 is 1.60 bits per heavy atom. The topological polar surface area (TPSA) is 64.3 Å². The molecule has 88 valence electrons. The van der Waals surface area contributed by atoms with Crippen LogP contribution < -0.4 is 11.1 Å². The number of ether oxygens (including phenoxy) is 1. The van der Waals surface area contributed by atoms with E-state index in [1.54, 1.807) is 0 Å². The van der Waals surface area contributed by atoms with Gasteiger partial charge < -0.3 is 15.8 Å². The first kappa shape index (κ1) is 14.1. The standard InChI is InChI=1S/C11H22N2O2/c1-3-4-8-15-9-7-13-11(14)10(2)5-6-12/h3,10H,1,4-9,12H2,2H3,(H,13,14). The molecule has 15 heavy (non-hydrogen) atoms. The van der Waals surface area contributed by atoms with Crippen molar-refractivity contribution < 1.29 is 9.53 Å². The van der Waals surface area contributed by atoms with Crippen molar-refractivity contribution in [3.63, 3.8) is 0 Å². The third-order valence-electron chi connectivity index (χ3n) is 2.06. The molecule has 4 nitrogen and oxygen atoms in total. The largest absolute Gasteiger partial charge is 0.379 e. The molecule has 0 aliphatic rings. The van der Waals surface area contributed by atoms with Crippen LogP contribution >= 0.6 is 0 Å². The van der Waals surface area contributed by atoms with Crippen molar-refractivity contribution in [2.75, 3.05) is 26.3 Å². The highest BCUT2D eigenvalue weighted by Gasteiger charge is 2.10. The molecule has 0 aromatic rings. The van der Waals surface area contributed by atoms with Crippen LogP contribution in [0.3, 0.4) is 0 Å². The fourth-order valence-electron chi connectivity index (χ4n) is 1.07. The molecule has 0 heterocycles. The number of hydrogen-bond acceptors (Lipinski definition) is 3. The summed E-state index contributed by atoms with van der Waals surface area (Å²) >= 11 is 0. The van der Waals surface area contributed by atoms with Gasteiger partial charge in [-0.25, -0.2) is 0 Å². The molecule has 0 rings (SSSR count). The van der Waals surface area contributed by atoms with Crippen LogP contribution in [-0.4, -0.2) is 32.2 Å². The second kappa shape index (κ2) is 9.68.